The molecule has 3 aromatic rings. The number of nitrogens with zero attached hydrogens (tertiary/aromatic N) is 2. The van der Waals surface area contributed by atoms with Gasteiger partial charge in [0.25, 0.3) is 5.91 Å². The average molecular weight is 381 g/mol. The molecule has 0 saturated carbocycles. The van der Waals surface area contributed by atoms with Gasteiger partial charge in [0, 0.05) is 16.5 Å². The van der Waals surface area contributed by atoms with Gasteiger partial charge in [-0.1, -0.05) is 53.3 Å². The van der Waals surface area contributed by atoms with Crippen LogP contribution in [0.4, 0.5) is 6.01 Å². The Bertz CT molecular complexity index is 926. The first-order valence-electron chi connectivity index (χ1n) is 7.94. The van der Waals surface area contributed by atoms with Gasteiger partial charge in [-0.3, -0.25) is 10.1 Å². The molecule has 0 unspecified atom stereocenters. The van der Waals surface area contributed by atoms with Gasteiger partial charge in [0.1, 0.15) is 0 Å². The first-order chi connectivity index (χ1) is 13.2. The van der Waals surface area contributed by atoms with Crippen molar-refractivity contribution >= 4 is 29.7 Å². The highest BCUT2D eigenvalue weighted by Gasteiger charge is 2.12. The molecule has 0 aliphatic rings. The van der Waals surface area contributed by atoms with Crippen molar-refractivity contribution in [3.8, 4) is 11.5 Å². The van der Waals surface area contributed by atoms with Crippen LogP contribution in [0, 0.1) is 0 Å². The van der Waals surface area contributed by atoms with Crippen LogP contribution in [0.1, 0.15) is 0 Å². The van der Waals surface area contributed by atoms with E-state index in [1.165, 1.54) is 17.8 Å². The Kier molecular flexibility index (Phi) is 6.37. The van der Waals surface area contributed by atoms with Gasteiger partial charge in [0.2, 0.25) is 5.89 Å². The third-order valence-corrected chi connectivity index (χ3v) is 4.01. The largest absolute Gasteiger partial charge is 0.452 e. The number of anilines is 1. The van der Waals surface area contributed by atoms with Gasteiger partial charge < -0.3 is 9.15 Å². The number of rotatable bonds is 7. The summed E-state index contributed by atoms with van der Waals surface area (Å²) < 4.78 is 10.2. The number of carbonyl (C=O) groups excluding carboxylic acids is 2. The summed E-state index contributed by atoms with van der Waals surface area (Å²) in [7, 11) is 0. The standard InChI is InChI=1S/C19H15N3O4S/c23-16(13-25-17(24)11-12-27-15-9-5-2-6-10-15)20-19-22-21-18(26-19)14-7-3-1-4-8-14/h1-12H,13H2,(H,20,22,23)/b12-11+. The molecule has 8 heteroatoms. The monoisotopic (exact) mass is 381 g/mol. The Labute approximate surface area is 159 Å². The van der Waals surface area contributed by atoms with E-state index in [1.807, 2.05) is 48.5 Å². The number of benzene rings is 2. The lowest BCUT2D eigenvalue weighted by atomic mass is 10.2. The molecule has 1 N–H and O–H groups in total. The molecule has 0 atom stereocenters. The zero-order valence-corrected chi connectivity index (χ0v) is 14.9. The summed E-state index contributed by atoms with van der Waals surface area (Å²) in [6.07, 6.45) is 1.26. The van der Waals surface area contributed by atoms with Gasteiger partial charge in [-0.05, 0) is 29.7 Å². The molecular formula is C19H15N3O4S. The highest BCUT2D eigenvalue weighted by atomic mass is 32.2. The quantitative estimate of drug-likeness (QED) is 0.380. The smallest absolute Gasteiger partial charge is 0.331 e. The van der Waals surface area contributed by atoms with Crippen LogP contribution >= 0.6 is 11.8 Å². The summed E-state index contributed by atoms with van der Waals surface area (Å²) in [5.41, 5.74) is 0.734. The predicted molar refractivity (Wildman–Crippen MR) is 101 cm³/mol. The number of amides is 1. The van der Waals surface area contributed by atoms with E-state index in [2.05, 4.69) is 15.5 Å². The minimum Gasteiger partial charge on any atom is -0.452 e. The lowest BCUT2D eigenvalue weighted by Crippen LogP contribution is -2.20. The molecule has 1 aromatic heterocycles. The van der Waals surface area contributed by atoms with Crippen molar-refractivity contribution in [3.05, 3.63) is 72.1 Å². The predicted octanol–water partition coefficient (Wildman–Crippen LogP) is 3.52. The maximum absolute atomic E-state index is 11.8. The second-order valence-corrected chi connectivity index (χ2v) is 6.15. The lowest BCUT2D eigenvalue weighted by Gasteiger charge is -2.01. The second kappa shape index (κ2) is 9.35. The maximum Gasteiger partial charge on any atom is 0.331 e. The number of hydrogen-bond donors (Lipinski definition) is 1. The van der Waals surface area contributed by atoms with Crippen molar-refractivity contribution in [1.29, 1.82) is 0 Å². The van der Waals surface area contributed by atoms with Crippen molar-refractivity contribution < 1.29 is 18.7 Å². The van der Waals surface area contributed by atoms with Crippen LogP contribution < -0.4 is 5.32 Å². The molecule has 27 heavy (non-hydrogen) atoms. The molecule has 0 saturated heterocycles. The van der Waals surface area contributed by atoms with E-state index in [-0.39, 0.29) is 11.9 Å². The van der Waals surface area contributed by atoms with Gasteiger partial charge in [0.05, 0.1) is 0 Å². The summed E-state index contributed by atoms with van der Waals surface area (Å²) >= 11 is 1.37. The summed E-state index contributed by atoms with van der Waals surface area (Å²) in [4.78, 5) is 24.4. The van der Waals surface area contributed by atoms with E-state index < -0.39 is 18.5 Å². The Morgan fingerprint density at radius 1 is 1.04 bits per heavy atom. The number of nitrogens with one attached hydrogen (secondary N) is 1. The molecule has 1 amide bonds. The molecule has 2 aromatic carbocycles. The Balaban J connectivity index is 1.43. The van der Waals surface area contributed by atoms with Crippen molar-refractivity contribution in [1.82, 2.24) is 10.2 Å². The molecule has 3 rings (SSSR count). The summed E-state index contributed by atoms with van der Waals surface area (Å²) in [6, 6.07) is 18.6. The zero-order valence-electron chi connectivity index (χ0n) is 14.1. The molecule has 0 fully saturated rings. The number of esters is 1. The van der Waals surface area contributed by atoms with E-state index in [4.69, 9.17) is 9.15 Å². The second-order valence-electron chi connectivity index (χ2n) is 5.17. The van der Waals surface area contributed by atoms with E-state index in [0.717, 1.165) is 10.5 Å². The van der Waals surface area contributed by atoms with E-state index in [1.54, 1.807) is 17.5 Å². The molecule has 136 valence electrons. The maximum atomic E-state index is 11.8. The van der Waals surface area contributed by atoms with Gasteiger partial charge >= 0.3 is 12.0 Å². The third-order valence-electron chi connectivity index (χ3n) is 3.19. The van der Waals surface area contributed by atoms with Crippen LogP contribution in [-0.2, 0) is 14.3 Å². The van der Waals surface area contributed by atoms with Gasteiger partial charge in [-0.15, -0.1) is 5.10 Å². The van der Waals surface area contributed by atoms with E-state index in [9.17, 15) is 9.59 Å². The minimum absolute atomic E-state index is 0.0647. The van der Waals surface area contributed by atoms with Crippen LogP contribution in [0.25, 0.3) is 11.5 Å². The van der Waals surface area contributed by atoms with Crippen LogP contribution in [-0.4, -0.2) is 28.7 Å². The van der Waals surface area contributed by atoms with Crippen molar-refractivity contribution in [2.75, 3.05) is 11.9 Å². The first-order valence-corrected chi connectivity index (χ1v) is 8.82. The topological polar surface area (TPSA) is 94.3 Å². The lowest BCUT2D eigenvalue weighted by molar-refractivity contribution is -0.142. The molecule has 0 radical (unpaired) electrons. The fourth-order valence-electron chi connectivity index (χ4n) is 1.98. The zero-order chi connectivity index (χ0) is 18.9. The van der Waals surface area contributed by atoms with Crippen LogP contribution in [0.15, 0.2) is 81.5 Å². The fraction of sp³-hybridized carbons (Fsp3) is 0.0526. The molecule has 0 bridgehead atoms. The number of hydrogen-bond acceptors (Lipinski definition) is 7. The Morgan fingerprint density at radius 2 is 1.74 bits per heavy atom. The van der Waals surface area contributed by atoms with Crippen LogP contribution in [0.5, 0.6) is 0 Å². The first kappa shape index (κ1) is 18.4. The van der Waals surface area contributed by atoms with Crippen LogP contribution in [0.2, 0.25) is 0 Å². The van der Waals surface area contributed by atoms with Crippen molar-refractivity contribution in [2.45, 2.75) is 4.90 Å². The minimum atomic E-state index is -0.621. The molecule has 0 aliphatic carbocycles. The van der Waals surface area contributed by atoms with E-state index >= 15 is 0 Å². The molecular weight excluding hydrogens is 366 g/mol. The number of carbonyl (C=O) groups is 2. The van der Waals surface area contributed by atoms with Gasteiger partial charge in [0.15, 0.2) is 6.61 Å². The SMILES string of the molecule is O=C(COC(=O)/C=C/Sc1ccccc1)Nc1nnc(-c2ccccc2)o1. The van der Waals surface area contributed by atoms with Gasteiger partial charge in [-0.25, -0.2) is 4.79 Å². The summed E-state index contributed by atoms with van der Waals surface area (Å²) in [5, 5.41) is 11.6. The Morgan fingerprint density at radius 3 is 2.48 bits per heavy atom. The number of aromatic nitrogens is 2. The third kappa shape index (κ3) is 5.82. The highest BCUT2D eigenvalue weighted by Crippen LogP contribution is 2.19. The Hall–Kier alpha value is -3.39. The molecule has 1 heterocycles. The van der Waals surface area contributed by atoms with Crippen LogP contribution in [0.3, 0.4) is 0 Å². The summed E-state index contributed by atoms with van der Waals surface area (Å²) in [5.74, 6) is -0.913. The normalized spacial score (nSPS) is 10.7. The number of thioether (sulfide) groups is 1. The molecule has 0 aliphatic heterocycles. The van der Waals surface area contributed by atoms with Gasteiger partial charge in [-0.2, -0.15) is 0 Å². The fourth-order valence-corrected chi connectivity index (χ4v) is 2.63. The number of ether oxygens (including phenoxy) is 1. The summed E-state index contributed by atoms with van der Waals surface area (Å²) in [6.45, 7) is -0.456. The molecule has 7 nitrogen and oxygen atoms in total. The van der Waals surface area contributed by atoms with Crippen molar-refractivity contribution in [3.63, 3.8) is 0 Å². The molecule has 0 spiro atoms. The van der Waals surface area contributed by atoms with E-state index in [0.29, 0.717) is 0 Å². The highest BCUT2D eigenvalue weighted by molar-refractivity contribution is 8.02. The van der Waals surface area contributed by atoms with Crippen molar-refractivity contribution in [2.24, 2.45) is 0 Å². The average Bonchev–Trinajstić information content (AvgIpc) is 3.16.